The summed E-state index contributed by atoms with van der Waals surface area (Å²) in [6.45, 7) is 9.40. The molecule has 3 rings (SSSR count). The lowest BCUT2D eigenvalue weighted by Crippen LogP contribution is -2.66. The molecule has 6 heteroatoms. The fraction of sp³-hybridized carbons (Fsp3) is 0.952. The predicted molar refractivity (Wildman–Crippen MR) is 124 cm³/mol. The molecule has 2 aliphatic carbocycles. The Morgan fingerprint density at radius 2 is 1.96 bits per heavy atom. The first-order valence-corrected chi connectivity index (χ1v) is 11.0. The van der Waals surface area contributed by atoms with Crippen LogP contribution >= 0.6 is 24.0 Å². The molecule has 0 aromatic heterocycles. The minimum atomic E-state index is 0. The van der Waals surface area contributed by atoms with E-state index < -0.39 is 0 Å². The van der Waals surface area contributed by atoms with Gasteiger partial charge in [0.2, 0.25) is 0 Å². The zero-order chi connectivity index (χ0) is 18.4. The number of rotatable bonds is 6. The molecule has 3 atom stereocenters. The third kappa shape index (κ3) is 5.72. The van der Waals surface area contributed by atoms with Crippen LogP contribution in [-0.4, -0.2) is 62.8 Å². The van der Waals surface area contributed by atoms with Gasteiger partial charge in [-0.25, -0.2) is 0 Å². The summed E-state index contributed by atoms with van der Waals surface area (Å²) in [6, 6.07) is 0.520. The molecule has 1 aliphatic heterocycles. The van der Waals surface area contributed by atoms with Crippen molar-refractivity contribution in [1.29, 1.82) is 0 Å². The molecule has 1 heterocycles. The van der Waals surface area contributed by atoms with Crippen molar-refractivity contribution in [3.05, 3.63) is 0 Å². The topological polar surface area (TPSA) is 48.9 Å². The van der Waals surface area contributed by atoms with Gasteiger partial charge < -0.3 is 20.3 Å². The molecule has 0 amide bonds. The van der Waals surface area contributed by atoms with Crippen LogP contribution in [0.15, 0.2) is 4.99 Å². The van der Waals surface area contributed by atoms with Crippen molar-refractivity contribution < 1.29 is 4.74 Å². The van der Waals surface area contributed by atoms with E-state index in [4.69, 9.17) is 9.73 Å². The molecule has 158 valence electrons. The van der Waals surface area contributed by atoms with E-state index in [2.05, 4.69) is 36.4 Å². The van der Waals surface area contributed by atoms with Crippen LogP contribution in [0.1, 0.15) is 65.2 Å². The average molecular weight is 492 g/mol. The maximum absolute atomic E-state index is 6.10. The van der Waals surface area contributed by atoms with Crippen LogP contribution in [0.4, 0.5) is 0 Å². The molecule has 3 aliphatic rings. The quantitative estimate of drug-likeness (QED) is 0.338. The van der Waals surface area contributed by atoms with Crippen LogP contribution < -0.4 is 10.6 Å². The second kappa shape index (κ2) is 11.2. The van der Waals surface area contributed by atoms with Crippen molar-refractivity contribution in [2.75, 3.05) is 39.8 Å². The Labute approximate surface area is 183 Å². The molecule has 5 nitrogen and oxygen atoms in total. The number of aliphatic imine (C=N–C) groups is 1. The summed E-state index contributed by atoms with van der Waals surface area (Å²) in [7, 11) is 2.23. The highest BCUT2D eigenvalue weighted by molar-refractivity contribution is 14.0. The fourth-order valence-electron chi connectivity index (χ4n) is 5.39. The molecule has 3 unspecified atom stereocenters. The molecule has 1 saturated heterocycles. The van der Waals surface area contributed by atoms with Crippen LogP contribution in [-0.2, 0) is 4.74 Å². The highest BCUT2D eigenvalue weighted by Gasteiger charge is 2.55. The second-order valence-electron chi connectivity index (χ2n) is 8.66. The number of nitrogens with zero attached hydrogens (tertiary/aromatic N) is 2. The van der Waals surface area contributed by atoms with Crippen molar-refractivity contribution in [2.45, 2.75) is 77.4 Å². The zero-order valence-electron chi connectivity index (χ0n) is 17.6. The van der Waals surface area contributed by atoms with E-state index in [0.29, 0.717) is 23.5 Å². The Morgan fingerprint density at radius 1 is 1.19 bits per heavy atom. The Balaban J connectivity index is 0.00000261. The van der Waals surface area contributed by atoms with Gasteiger partial charge in [-0.2, -0.15) is 0 Å². The van der Waals surface area contributed by atoms with Gasteiger partial charge in [0.05, 0.1) is 6.10 Å². The lowest BCUT2D eigenvalue weighted by atomic mass is 9.55. The normalized spacial score (nSPS) is 31.1. The smallest absolute Gasteiger partial charge is 0.191 e. The van der Waals surface area contributed by atoms with Gasteiger partial charge in [-0.05, 0) is 65.5 Å². The summed E-state index contributed by atoms with van der Waals surface area (Å²) in [4.78, 5) is 7.41. The van der Waals surface area contributed by atoms with E-state index >= 15 is 0 Å². The first-order valence-electron chi connectivity index (χ1n) is 11.0. The minimum Gasteiger partial charge on any atom is -0.378 e. The Kier molecular flexibility index (Phi) is 9.62. The van der Waals surface area contributed by atoms with Crippen LogP contribution in [0.2, 0.25) is 0 Å². The van der Waals surface area contributed by atoms with E-state index in [1.165, 1.54) is 58.0 Å². The monoisotopic (exact) mass is 492 g/mol. The van der Waals surface area contributed by atoms with Crippen molar-refractivity contribution in [3.63, 3.8) is 0 Å². The summed E-state index contributed by atoms with van der Waals surface area (Å²) in [5.74, 6) is 1.72. The van der Waals surface area contributed by atoms with Gasteiger partial charge in [-0.1, -0.05) is 19.3 Å². The van der Waals surface area contributed by atoms with Gasteiger partial charge in [0.1, 0.15) is 0 Å². The van der Waals surface area contributed by atoms with Gasteiger partial charge in [0, 0.05) is 37.7 Å². The summed E-state index contributed by atoms with van der Waals surface area (Å²) >= 11 is 0. The number of hydrogen-bond donors (Lipinski definition) is 2. The van der Waals surface area contributed by atoms with E-state index in [9.17, 15) is 0 Å². The number of nitrogens with one attached hydrogen (secondary N) is 2. The molecule has 0 radical (unpaired) electrons. The molecule has 0 aromatic carbocycles. The largest absolute Gasteiger partial charge is 0.378 e. The molecule has 2 N–H and O–H groups in total. The summed E-state index contributed by atoms with van der Waals surface area (Å²) in [6.07, 6.45) is 10.9. The Hall–Kier alpha value is -0.0800. The van der Waals surface area contributed by atoms with Crippen LogP contribution in [0, 0.1) is 11.3 Å². The zero-order valence-corrected chi connectivity index (χ0v) is 20.0. The van der Waals surface area contributed by atoms with Crippen molar-refractivity contribution >= 4 is 29.9 Å². The molecule has 27 heavy (non-hydrogen) atoms. The summed E-state index contributed by atoms with van der Waals surface area (Å²) in [5.41, 5.74) is 0.343. The second-order valence-corrected chi connectivity index (χ2v) is 8.66. The predicted octanol–water partition coefficient (Wildman–Crippen LogP) is 3.63. The Bertz CT molecular complexity index is 467. The van der Waals surface area contributed by atoms with Crippen LogP contribution in [0.5, 0.6) is 0 Å². The maximum Gasteiger partial charge on any atom is 0.191 e. The number of halogens is 1. The third-order valence-electron chi connectivity index (χ3n) is 6.82. The third-order valence-corrected chi connectivity index (χ3v) is 6.82. The number of guanidine groups is 1. The molecule has 0 aromatic rings. The van der Waals surface area contributed by atoms with Crippen molar-refractivity contribution in [1.82, 2.24) is 15.5 Å². The molecular formula is C21H41IN4O. The Morgan fingerprint density at radius 3 is 2.63 bits per heavy atom. The van der Waals surface area contributed by atoms with Gasteiger partial charge >= 0.3 is 0 Å². The first-order chi connectivity index (χ1) is 12.7. The SMILES string of the molecule is CCNC(=NCC1CCCN(C)C1)NC1CC(OCC)C12CCCCC2.I. The fourth-order valence-corrected chi connectivity index (χ4v) is 5.39. The van der Waals surface area contributed by atoms with Gasteiger partial charge in [-0.3, -0.25) is 4.99 Å². The van der Waals surface area contributed by atoms with Gasteiger partial charge in [0.25, 0.3) is 0 Å². The number of ether oxygens (including phenoxy) is 1. The van der Waals surface area contributed by atoms with E-state index in [1.54, 1.807) is 0 Å². The van der Waals surface area contributed by atoms with E-state index in [0.717, 1.165) is 32.1 Å². The van der Waals surface area contributed by atoms with Crippen molar-refractivity contribution in [2.24, 2.45) is 16.3 Å². The van der Waals surface area contributed by atoms with Gasteiger partial charge in [-0.15, -0.1) is 24.0 Å². The standard InChI is InChI=1S/C21H40N4O.HI/c1-4-22-20(23-15-17-10-9-13-25(3)16-17)24-18-14-19(26-5-2)21(18)11-7-6-8-12-21;/h17-19H,4-16H2,1-3H3,(H2,22,23,24);1H. The highest BCUT2D eigenvalue weighted by Crippen LogP contribution is 2.53. The lowest BCUT2D eigenvalue weighted by molar-refractivity contribution is -0.145. The van der Waals surface area contributed by atoms with E-state index in [-0.39, 0.29) is 24.0 Å². The highest BCUT2D eigenvalue weighted by atomic mass is 127. The summed E-state index contributed by atoms with van der Waals surface area (Å²) in [5, 5.41) is 7.29. The summed E-state index contributed by atoms with van der Waals surface area (Å²) < 4.78 is 6.10. The number of hydrogen-bond acceptors (Lipinski definition) is 3. The number of likely N-dealkylation sites (tertiary alicyclic amines) is 1. The molecule has 3 fully saturated rings. The van der Waals surface area contributed by atoms with Crippen LogP contribution in [0.3, 0.4) is 0 Å². The molecule has 2 saturated carbocycles. The lowest BCUT2D eigenvalue weighted by Gasteiger charge is -2.58. The molecule has 0 bridgehead atoms. The molecular weight excluding hydrogens is 451 g/mol. The average Bonchev–Trinajstić information content (AvgIpc) is 2.66. The first kappa shape index (κ1) is 23.2. The molecule has 1 spiro atoms. The van der Waals surface area contributed by atoms with Gasteiger partial charge in [0.15, 0.2) is 5.96 Å². The number of piperidine rings is 1. The van der Waals surface area contributed by atoms with Crippen LogP contribution in [0.25, 0.3) is 0 Å². The maximum atomic E-state index is 6.10. The van der Waals surface area contributed by atoms with E-state index in [1.807, 2.05) is 0 Å². The minimum absolute atomic E-state index is 0. The van der Waals surface area contributed by atoms with Crippen molar-refractivity contribution in [3.8, 4) is 0 Å².